The number of halogens is 2. The monoisotopic (exact) mass is 457 g/mol. The highest BCUT2D eigenvalue weighted by Crippen LogP contribution is 2.25. The van der Waals surface area contributed by atoms with E-state index in [0.717, 1.165) is 27.4 Å². The lowest BCUT2D eigenvalue weighted by molar-refractivity contribution is -0.122. The van der Waals surface area contributed by atoms with Gasteiger partial charge in [0.2, 0.25) is 0 Å². The third kappa shape index (κ3) is 3.97. The van der Waals surface area contributed by atoms with Crippen molar-refractivity contribution in [2.24, 2.45) is 0 Å². The van der Waals surface area contributed by atoms with E-state index < -0.39 is 23.7 Å². The number of fused-ring (bicyclic) bond motifs is 1. The van der Waals surface area contributed by atoms with Crippen molar-refractivity contribution in [1.82, 2.24) is 9.88 Å². The Hall–Kier alpha value is -4.59. The van der Waals surface area contributed by atoms with Crippen molar-refractivity contribution >= 4 is 40.5 Å². The Kier molecular flexibility index (Phi) is 5.25. The summed E-state index contributed by atoms with van der Waals surface area (Å²) in [4.78, 5) is 38.4. The second-order valence-electron chi connectivity index (χ2n) is 7.83. The molecule has 0 unspecified atom stereocenters. The third-order valence-corrected chi connectivity index (χ3v) is 5.52. The highest BCUT2D eigenvalue weighted by atomic mass is 19.1. The molecule has 1 N–H and O–H groups in total. The Morgan fingerprint density at radius 1 is 0.853 bits per heavy atom. The number of carbonyl (C=O) groups is 3. The average Bonchev–Trinajstić information content (AvgIpc) is 3.18. The summed E-state index contributed by atoms with van der Waals surface area (Å²) in [7, 11) is 0. The number of rotatable bonds is 4. The molecule has 4 aromatic rings. The van der Waals surface area contributed by atoms with Crippen LogP contribution < -0.4 is 10.2 Å². The maximum absolute atomic E-state index is 13.6. The van der Waals surface area contributed by atoms with E-state index in [0.29, 0.717) is 12.1 Å². The van der Waals surface area contributed by atoms with E-state index in [9.17, 15) is 23.2 Å². The van der Waals surface area contributed by atoms with E-state index in [4.69, 9.17) is 0 Å². The van der Waals surface area contributed by atoms with E-state index in [1.165, 1.54) is 36.4 Å². The van der Waals surface area contributed by atoms with Gasteiger partial charge in [-0.2, -0.15) is 0 Å². The lowest BCUT2D eigenvalue weighted by Crippen LogP contribution is -2.54. The van der Waals surface area contributed by atoms with Gasteiger partial charge in [-0.05, 0) is 65.7 Å². The Morgan fingerprint density at radius 2 is 1.62 bits per heavy atom. The number of nitrogens with zero attached hydrogens (tertiary/aromatic N) is 2. The van der Waals surface area contributed by atoms with Crippen molar-refractivity contribution in [3.05, 3.63) is 107 Å². The summed E-state index contributed by atoms with van der Waals surface area (Å²) in [5, 5.41) is 2.98. The first-order valence-corrected chi connectivity index (χ1v) is 10.4. The molecular weight excluding hydrogens is 440 g/mol. The molecule has 0 bridgehead atoms. The molecular formula is C26H17F2N3O3. The van der Waals surface area contributed by atoms with Gasteiger partial charge in [0.1, 0.15) is 17.2 Å². The number of amides is 4. The van der Waals surface area contributed by atoms with Crippen molar-refractivity contribution in [3.63, 3.8) is 0 Å². The Bertz CT molecular complexity index is 1510. The molecule has 1 saturated heterocycles. The number of barbiturate groups is 1. The quantitative estimate of drug-likeness (QED) is 0.359. The van der Waals surface area contributed by atoms with Crippen molar-refractivity contribution in [3.8, 4) is 0 Å². The molecule has 3 aromatic carbocycles. The summed E-state index contributed by atoms with van der Waals surface area (Å²) in [5.74, 6) is -2.59. The Labute approximate surface area is 192 Å². The first-order chi connectivity index (χ1) is 16.4. The van der Waals surface area contributed by atoms with Gasteiger partial charge in [-0.1, -0.05) is 24.3 Å². The predicted octanol–water partition coefficient (Wildman–Crippen LogP) is 4.63. The second kappa shape index (κ2) is 8.40. The van der Waals surface area contributed by atoms with Gasteiger partial charge in [0.05, 0.1) is 5.69 Å². The lowest BCUT2D eigenvalue weighted by Gasteiger charge is -2.26. The van der Waals surface area contributed by atoms with Crippen molar-refractivity contribution in [2.75, 3.05) is 4.90 Å². The van der Waals surface area contributed by atoms with E-state index in [1.54, 1.807) is 18.2 Å². The van der Waals surface area contributed by atoms with E-state index in [1.807, 2.05) is 29.0 Å². The number of benzene rings is 3. The number of hydrogen-bond donors (Lipinski definition) is 1. The number of anilines is 1. The number of imide groups is 2. The molecule has 0 atom stereocenters. The van der Waals surface area contributed by atoms with E-state index in [-0.39, 0.29) is 17.1 Å². The average molecular weight is 457 g/mol. The van der Waals surface area contributed by atoms with Crippen LogP contribution in [0.2, 0.25) is 0 Å². The van der Waals surface area contributed by atoms with Gasteiger partial charge in [-0.3, -0.25) is 14.9 Å². The number of nitrogens with one attached hydrogen (secondary N) is 1. The Balaban J connectivity index is 1.46. The summed E-state index contributed by atoms with van der Waals surface area (Å²) < 4.78 is 29.1. The zero-order valence-electron chi connectivity index (χ0n) is 17.7. The minimum Gasteiger partial charge on any atom is -0.343 e. The number of aromatic nitrogens is 1. The maximum atomic E-state index is 13.6. The molecule has 6 nitrogen and oxygen atoms in total. The zero-order valence-corrected chi connectivity index (χ0v) is 17.7. The molecule has 8 heteroatoms. The molecule has 168 valence electrons. The lowest BCUT2D eigenvalue weighted by atomic mass is 10.1. The van der Waals surface area contributed by atoms with Gasteiger partial charge in [-0.15, -0.1) is 0 Å². The minimum atomic E-state index is -0.942. The van der Waals surface area contributed by atoms with Crippen LogP contribution in [0.4, 0.5) is 19.3 Å². The van der Waals surface area contributed by atoms with Gasteiger partial charge in [0.25, 0.3) is 11.8 Å². The molecule has 0 aliphatic carbocycles. The van der Waals surface area contributed by atoms with Gasteiger partial charge in [-0.25, -0.2) is 18.5 Å². The highest BCUT2D eigenvalue weighted by Gasteiger charge is 2.36. The van der Waals surface area contributed by atoms with Crippen LogP contribution in [0.5, 0.6) is 0 Å². The standard InChI is InChI=1S/C26H17F2N3O3/c27-19-4-1-3-17(12-19)15-30-10-9-18-11-16(7-8-23(18)30)13-22-24(32)29-26(34)31(25(22)33)21-6-2-5-20(28)14-21/h1-14H,15H2,(H,29,32,34)/b22-13-. The second-order valence-corrected chi connectivity index (χ2v) is 7.83. The van der Waals surface area contributed by atoms with Gasteiger partial charge < -0.3 is 4.57 Å². The predicted molar refractivity (Wildman–Crippen MR) is 123 cm³/mol. The Morgan fingerprint density at radius 3 is 2.38 bits per heavy atom. The largest absolute Gasteiger partial charge is 0.343 e. The van der Waals surface area contributed by atoms with E-state index in [2.05, 4.69) is 5.32 Å². The SMILES string of the molecule is O=C1NC(=O)N(c2cccc(F)c2)C(=O)/C1=C\c1ccc2c(ccn2Cc2cccc(F)c2)c1. The molecule has 1 aromatic heterocycles. The van der Waals surface area contributed by atoms with Crippen LogP contribution in [0.3, 0.4) is 0 Å². The van der Waals surface area contributed by atoms with Gasteiger partial charge in [0.15, 0.2) is 0 Å². The van der Waals surface area contributed by atoms with Crippen molar-refractivity contribution < 1.29 is 23.2 Å². The van der Waals surface area contributed by atoms with Gasteiger partial charge >= 0.3 is 6.03 Å². The first-order valence-electron chi connectivity index (χ1n) is 10.4. The molecule has 0 spiro atoms. The normalized spacial score (nSPS) is 15.3. The molecule has 1 aliphatic heterocycles. The smallest absolute Gasteiger partial charge is 0.335 e. The summed E-state index contributed by atoms with van der Waals surface area (Å²) in [5.41, 5.74) is 2.05. The molecule has 2 heterocycles. The summed E-state index contributed by atoms with van der Waals surface area (Å²) in [6, 6.07) is 17.7. The fraction of sp³-hybridized carbons (Fsp3) is 0.0385. The fourth-order valence-electron chi connectivity index (χ4n) is 3.95. The summed E-state index contributed by atoms with van der Waals surface area (Å²) in [6.45, 7) is 0.479. The molecule has 0 radical (unpaired) electrons. The number of carbonyl (C=O) groups excluding carboxylic acids is 3. The molecule has 1 aliphatic rings. The zero-order chi connectivity index (χ0) is 23.8. The maximum Gasteiger partial charge on any atom is 0.335 e. The number of urea groups is 1. The molecule has 1 fully saturated rings. The van der Waals surface area contributed by atoms with Crippen molar-refractivity contribution in [2.45, 2.75) is 6.54 Å². The first kappa shape index (κ1) is 21.3. The van der Waals surface area contributed by atoms with Gasteiger partial charge in [0, 0.05) is 23.6 Å². The topological polar surface area (TPSA) is 71.4 Å². The van der Waals surface area contributed by atoms with Crippen LogP contribution in [0.15, 0.2) is 84.6 Å². The molecule has 34 heavy (non-hydrogen) atoms. The molecule has 0 saturated carbocycles. The summed E-state index contributed by atoms with van der Waals surface area (Å²) in [6.07, 6.45) is 3.26. The molecule has 5 rings (SSSR count). The van der Waals surface area contributed by atoms with Crippen LogP contribution in [0.1, 0.15) is 11.1 Å². The fourth-order valence-corrected chi connectivity index (χ4v) is 3.95. The van der Waals surface area contributed by atoms with Crippen molar-refractivity contribution in [1.29, 1.82) is 0 Å². The third-order valence-electron chi connectivity index (χ3n) is 5.52. The minimum absolute atomic E-state index is 0.0192. The molecule has 4 amide bonds. The summed E-state index contributed by atoms with van der Waals surface area (Å²) >= 11 is 0. The van der Waals surface area contributed by atoms with Crippen LogP contribution in [-0.4, -0.2) is 22.4 Å². The van der Waals surface area contributed by atoms with Crippen LogP contribution in [0.25, 0.3) is 17.0 Å². The number of hydrogen-bond acceptors (Lipinski definition) is 3. The van der Waals surface area contributed by atoms with E-state index >= 15 is 0 Å². The van der Waals surface area contributed by atoms with Crippen LogP contribution in [0, 0.1) is 11.6 Å². The van der Waals surface area contributed by atoms with Crippen LogP contribution in [-0.2, 0) is 16.1 Å². The van der Waals surface area contributed by atoms with Crippen LogP contribution >= 0.6 is 0 Å². The highest BCUT2D eigenvalue weighted by molar-refractivity contribution is 6.39.